The number of hydrogen-bond acceptors (Lipinski definition) is 5. The predicted molar refractivity (Wildman–Crippen MR) is 144 cm³/mol. The lowest BCUT2D eigenvalue weighted by atomic mass is 10.0. The maximum Gasteiger partial charge on any atom is 0.323 e. The van der Waals surface area contributed by atoms with E-state index < -0.39 is 11.6 Å². The van der Waals surface area contributed by atoms with Gasteiger partial charge in [0, 0.05) is 18.6 Å². The minimum Gasteiger partial charge on any atom is -0.461 e. The summed E-state index contributed by atoms with van der Waals surface area (Å²) >= 11 is 0. The number of esters is 1. The molecule has 0 saturated heterocycles. The molecule has 1 atom stereocenters. The summed E-state index contributed by atoms with van der Waals surface area (Å²) in [6.07, 6.45) is 4.98. The molecule has 8 heteroatoms. The molecule has 0 amide bonds. The van der Waals surface area contributed by atoms with E-state index in [1.165, 1.54) is 22.8 Å². The highest BCUT2D eigenvalue weighted by atomic mass is 19.1. The predicted octanol–water partition coefficient (Wildman–Crippen LogP) is 4.93. The number of hydrogen-bond donors (Lipinski definition) is 2. The zero-order valence-electron chi connectivity index (χ0n) is 21.9. The van der Waals surface area contributed by atoms with Crippen LogP contribution in [0.2, 0.25) is 0 Å². The number of carbonyl (C=O) groups is 1. The average Bonchev–Trinajstić information content (AvgIpc) is 3.38. The number of nitrogens with two attached hydrogens (primary N) is 1. The van der Waals surface area contributed by atoms with Gasteiger partial charge in [0.05, 0.1) is 5.69 Å². The van der Waals surface area contributed by atoms with Crippen molar-refractivity contribution >= 4 is 11.8 Å². The highest BCUT2D eigenvalue weighted by molar-refractivity contribution is 5.76. The number of halogens is 2. The number of anilines is 1. The fourth-order valence-electron chi connectivity index (χ4n) is 4.90. The van der Waals surface area contributed by atoms with Crippen LogP contribution in [0.3, 0.4) is 0 Å². The number of nitrogens with one attached hydrogen (secondary N) is 1. The van der Waals surface area contributed by atoms with Gasteiger partial charge in [-0.05, 0) is 85.5 Å². The van der Waals surface area contributed by atoms with Crippen molar-refractivity contribution in [3.05, 3.63) is 93.3 Å². The van der Waals surface area contributed by atoms with E-state index in [4.69, 9.17) is 10.5 Å². The molecule has 0 spiro atoms. The standard InChI is InChI=1S/C30H35F2N3O3/c1-19(2)28(30(37)38-25-5-3-4-6-25)34-16-15-20-7-12-24(13-8-20)35-27(36)14-10-22(29(35)33)17-21-9-11-23(31)18-26(21)32/h7-14,18-19,25,28,34H,3-6,15-17,33H2,1-2H3/t28-/m0/s1. The van der Waals surface area contributed by atoms with Gasteiger partial charge in [0.2, 0.25) is 0 Å². The second-order valence-corrected chi connectivity index (χ2v) is 10.3. The van der Waals surface area contributed by atoms with Gasteiger partial charge < -0.3 is 15.8 Å². The number of ether oxygens (including phenoxy) is 1. The second kappa shape index (κ2) is 12.3. The van der Waals surface area contributed by atoms with Crippen molar-refractivity contribution in [1.29, 1.82) is 0 Å². The Balaban J connectivity index is 1.41. The first-order valence-corrected chi connectivity index (χ1v) is 13.2. The number of nitrogen functional groups attached to an aromatic ring is 1. The quantitative estimate of drug-likeness (QED) is 0.368. The third-order valence-electron chi connectivity index (χ3n) is 7.09. The maximum absolute atomic E-state index is 14.2. The van der Waals surface area contributed by atoms with Crippen molar-refractivity contribution in [1.82, 2.24) is 9.88 Å². The Morgan fingerprint density at radius 3 is 2.39 bits per heavy atom. The van der Waals surface area contributed by atoms with Gasteiger partial charge in [-0.3, -0.25) is 14.2 Å². The summed E-state index contributed by atoms with van der Waals surface area (Å²) in [4.78, 5) is 25.3. The zero-order valence-corrected chi connectivity index (χ0v) is 21.9. The molecule has 2 aromatic carbocycles. The molecule has 3 N–H and O–H groups in total. The molecule has 0 unspecified atom stereocenters. The van der Waals surface area contributed by atoms with E-state index in [1.54, 1.807) is 6.07 Å². The summed E-state index contributed by atoms with van der Waals surface area (Å²) in [5.41, 5.74) is 8.49. The van der Waals surface area contributed by atoms with Crippen LogP contribution in [0.4, 0.5) is 14.6 Å². The molecule has 1 aromatic heterocycles. The molecule has 38 heavy (non-hydrogen) atoms. The highest BCUT2D eigenvalue weighted by Gasteiger charge is 2.27. The number of pyridine rings is 1. The van der Waals surface area contributed by atoms with Crippen LogP contribution in [0.15, 0.2) is 59.4 Å². The normalized spacial score (nSPS) is 14.7. The Bertz CT molecular complexity index is 1320. The van der Waals surface area contributed by atoms with E-state index in [0.717, 1.165) is 37.3 Å². The lowest BCUT2D eigenvalue weighted by Crippen LogP contribution is -2.44. The van der Waals surface area contributed by atoms with Crippen molar-refractivity contribution in [2.75, 3.05) is 12.3 Å². The summed E-state index contributed by atoms with van der Waals surface area (Å²) in [6, 6.07) is 13.4. The van der Waals surface area contributed by atoms with Gasteiger partial charge in [0.25, 0.3) is 5.56 Å². The van der Waals surface area contributed by atoms with Crippen LogP contribution >= 0.6 is 0 Å². The molecular formula is C30H35F2N3O3. The summed E-state index contributed by atoms with van der Waals surface area (Å²) in [7, 11) is 0. The largest absolute Gasteiger partial charge is 0.461 e. The lowest BCUT2D eigenvalue weighted by molar-refractivity contribution is -0.152. The average molecular weight is 524 g/mol. The van der Waals surface area contributed by atoms with Crippen LogP contribution in [-0.4, -0.2) is 29.2 Å². The van der Waals surface area contributed by atoms with Gasteiger partial charge in [0.1, 0.15) is 29.6 Å². The third kappa shape index (κ3) is 6.67. The van der Waals surface area contributed by atoms with Gasteiger partial charge in [-0.25, -0.2) is 8.78 Å². The SMILES string of the molecule is CC(C)[C@H](NCCc1ccc(-n2c(N)c(Cc3ccc(F)cc3F)ccc2=O)cc1)C(=O)OC1CCCC1. The van der Waals surface area contributed by atoms with E-state index in [-0.39, 0.29) is 47.4 Å². The summed E-state index contributed by atoms with van der Waals surface area (Å²) in [5.74, 6) is -1.18. The molecule has 1 aliphatic rings. The van der Waals surface area contributed by atoms with Crippen molar-refractivity contribution in [3.8, 4) is 5.69 Å². The first kappa shape index (κ1) is 27.5. The monoisotopic (exact) mass is 523 g/mol. The molecular weight excluding hydrogens is 488 g/mol. The topological polar surface area (TPSA) is 86.4 Å². The maximum atomic E-state index is 14.2. The van der Waals surface area contributed by atoms with Crippen molar-refractivity contribution in [2.45, 2.75) is 64.5 Å². The van der Waals surface area contributed by atoms with E-state index in [1.807, 2.05) is 38.1 Å². The van der Waals surface area contributed by atoms with E-state index in [9.17, 15) is 18.4 Å². The number of rotatable bonds is 10. The summed E-state index contributed by atoms with van der Waals surface area (Å²) in [5, 5.41) is 3.34. The minimum atomic E-state index is -0.661. The van der Waals surface area contributed by atoms with Crippen LogP contribution < -0.4 is 16.6 Å². The molecule has 1 fully saturated rings. The van der Waals surface area contributed by atoms with Crippen LogP contribution in [0.1, 0.15) is 56.2 Å². The molecule has 0 bridgehead atoms. The number of nitrogens with zero attached hydrogens (tertiary/aromatic N) is 1. The fraction of sp³-hybridized carbons (Fsp3) is 0.400. The van der Waals surface area contributed by atoms with Gasteiger partial charge >= 0.3 is 5.97 Å². The van der Waals surface area contributed by atoms with Crippen LogP contribution in [0.5, 0.6) is 0 Å². The first-order valence-electron chi connectivity index (χ1n) is 13.2. The van der Waals surface area contributed by atoms with Crippen molar-refractivity contribution < 1.29 is 18.3 Å². The smallest absolute Gasteiger partial charge is 0.323 e. The summed E-state index contributed by atoms with van der Waals surface area (Å²) < 4.78 is 34.5. The molecule has 0 radical (unpaired) electrons. The van der Waals surface area contributed by atoms with Gasteiger partial charge in [-0.2, -0.15) is 0 Å². The molecule has 1 aliphatic carbocycles. The van der Waals surface area contributed by atoms with Gasteiger partial charge in [-0.1, -0.05) is 32.0 Å². The Hall–Kier alpha value is -3.52. The number of aromatic nitrogens is 1. The zero-order chi connectivity index (χ0) is 27.2. The van der Waals surface area contributed by atoms with Gasteiger partial charge in [0.15, 0.2) is 0 Å². The Morgan fingerprint density at radius 1 is 1.05 bits per heavy atom. The molecule has 4 rings (SSSR count). The fourth-order valence-corrected chi connectivity index (χ4v) is 4.90. The van der Waals surface area contributed by atoms with Crippen LogP contribution in [0, 0.1) is 17.6 Å². The van der Waals surface area contributed by atoms with Crippen LogP contribution in [0.25, 0.3) is 5.69 Å². The molecule has 3 aromatic rings. The number of carbonyl (C=O) groups excluding carboxylic acids is 1. The van der Waals surface area contributed by atoms with E-state index in [2.05, 4.69) is 5.32 Å². The van der Waals surface area contributed by atoms with E-state index >= 15 is 0 Å². The molecule has 1 heterocycles. The highest BCUT2D eigenvalue weighted by Crippen LogP contribution is 2.23. The van der Waals surface area contributed by atoms with Crippen LogP contribution in [-0.2, 0) is 22.4 Å². The van der Waals surface area contributed by atoms with Gasteiger partial charge in [-0.15, -0.1) is 0 Å². The molecule has 0 aliphatic heterocycles. The Morgan fingerprint density at radius 2 is 1.74 bits per heavy atom. The van der Waals surface area contributed by atoms with Crippen molar-refractivity contribution in [2.24, 2.45) is 5.92 Å². The molecule has 1 saturated carbocycles. The van der Waals surface area contributed by atoms with E-state index in [0.29, 0.717) is 24.2 Å². The molecule has 202 valence electrons. The van der Waals surface area contributed by atoms with Crippen molar-refractivity contribution in [3.63, 3.8) is 0 Å². The summed E-state index contributed by atoms with van der Waals surface area (Å²) in [6.45, 7) is 4.61. The molecule has 6 nitrogen and oxygen atoms in total. The first-order chi connectivity index (χ1) is 18.2. The second-order valence-electron chi connectivity index (χ2n) is 10.3. The third-order valence-corrected chi connectivity index (χ3v) is 7.09. The minimum absolute atomic E-state index is 0.0437. The Kier molecular flexibility index (Phi) is 8.94. The Labute approximate surface area is 221 Å². The number of benzene rings is 2. The lowest BCUT2D eigenvalue weighted by Gasteiger charge is -2.23.